The Labute approximate surface area is 155 Å². The second-order valence-electron chi connectivity index (χ2n) is 5.40. The molecule has 0 unspecified atom stereocenters. The molecule has 0 aromatic heterocycles. The van der Waals surface area contributed by atoms with Crippen molar-refractivity contribution in [1.82, 2.24) is 0 Å². The van der Waals surface area contributed by atoms with Crippen LogP contribution >= 0.6 is 0 Å². The minimum atomic E-state index is 0. The molecular formula is C21H15Y-. The van der Waals surface area contributed by atoms with Crippen LogP contribution in [0.3, 0.4) is 0 Å². The topological polar surface area (TPSA) is 0 Å². The number of hydrogen-bond acceptors (Lipinski definition) is 0. The Hall–Kier alpha value is -1.50. The van der Waals surface area contributed by atoms with E-state index in [1.54, 1.807) is 6.08 Å². The van der Waals surface area contributed by atoms with Gasteiger partial charge in [-0.1, -0.05) is 60.0 Å². The van der Waals surface area contributed by atoms with Gasteiger partial charge in [-0.15, -0.1) is 6.07 Å². The van der Waals surface area contributed by atoms with Crippen LogP contribution in [0.25, 0.3) is 44.5 Å². The third-order valence-electron chi connectivity index (χ3n) is 4.26. The Balaban J connectivity index is 0.00000144. The van der Waals surface area contributed by atoms with Crippen molar-refractivity contribution < 1.29 is 32.7 Å². The second kappa shape index (κ2) is 5.95. The molecule has 4 aromatic carbocycles. The van der Waals surface area contributed by atoms with Crippen molar-refractivity contribution >= 4 is 44.5 Å². The van der Waals surface area contributed by atoms with Crippen molar-refractivity contribution in [3.63, 3.8) is 0 Å². The van der Waals surface area contributed by atoms with E-state index in [4.69, 9.17) is 6.58 Å². The maximum Gasteiger partial charge on any atom is 0 e. The molecule has 4 aromatic rings. The van der Waals surface area contributed by atoms with Gasteiger partial charge in [0.25, 0.3) is 0 Å². The van der Waals surface area contributed by atoms with Crippen molar-refractivity contribution in [1.29, 1.82) is 0 Å². The van der Waals surface area contributed by atoms with E-state index in [-0.39, 0.29) is 32.7 Å². The van der Waals surface area contributed by atoms with Gasteiger partial charge in [-0.2, -0.15) is 5.56 Å². The second-order valence-corrected chi connectivity index (χ2v) is 5.40. The molecule has 22 heavy (non-hydrogen) atoms. The first-order valence-electron chi connectivity index (χ1n) is 7.21. The maximum atomic E-state index is 5.79. The van der Waals surface area contributed by atoms with Gasteiger partial charge in [0.05, 0.1) is 0 Å². The van der Waals surface area contributed by atoms with E-state index in [1.165, 1.54) is 37.9 Å². The monoisotopic (exact) mass is 356 g/mol. The summed E-state index contributed by atoms with van der Waals surface area (Å²) in [6.45, 7) is 7.84. The summed E-state index contributed by atoms with van der Waals surface area (Å²) in [6.07, 6.45) is 5.95. The van der Waals surface area contributed by atoms with Crippen LogP contribution in [0.15, 0.2) is 54.6 Å². The van der Waals surface area contributed by atoms with Crippen molar-refractivity contribution in [2.75, 3.05) is 0 Å². The molecule has 4 rings (SSSR count). The molecule has 0 amide bonds. The van der Waals surface area contributed by atoms with E-state index in [1.807, 2.05) is 0 Å². The van der Waals surface area contributed by atoms with Crippen LogP contribution in [0.1, 0.15) is 18.1 Å². The predicted octanol–water partition coefficient (Wildman–Crippen LogP) is 6.06. The first-order valence-corrected chi connectivity index (χ1v) is 7.21. The Morgan fingerprint density at radius 3 is 1.77 bits per heavy atom. The van der Waals surface area contributed by atoms with Crippen LogP contribution in [0, 0.1) is 6.58 Å². The number of benzene rings is 4. The van der Waals surface area contributed by atoms with Crippen molar-refractivity contribution in [2.24, 2.45) is 0 Å². The molecule has 0 aliphatic heterocycles. The van der Waals surface area contributed by atoms with Gasteiger partial charge in [-0.25, -0.2) is 6.08 Å². The van der Waals surface area contributed by atoms with E-state index >= 15 is 0 Å². The van der Waals surface area contributed by atoms with Crippen molar-refractivity contribution in [3.8, 4) is 0 Å². The largest absolute Gasteiger partial charge is 0.292 e. The summed E-state index contributed by atoms with van der Waals surface area (Å²) in [4.78, 5) is 0. The third-order valence-corrected chi connectivity index (χ3v) is 4.26. The Bertz CT molecular complexity index is 1010. The molecule has 0 fully saturated rings. The molecule has 0 nitrogen and oxygen atoms in total. The number of rotatable bonds is 2. The zero-order valence-electron chi connectivity index (χ0n) is 12.5. The first-order chi connectivity index (χ1) is 10.3. The molecule has 0 saturated carbocycles. The fourth-order valence-corrected chi connectivity index (χ4v) is 3.32. The quantitative estimate of drug-likeness (QED) is 0.302. The van der Waals surface area contributed by atoms with E-state index in [0.717, 1.165) is 5.56 Å². The Morgan fingerprint density at radius 2 is 1.23 bits per heavy atom. The van der Waals surface area contributed by atoms with E-state index < -0.39 is 0 Å². The predicted molar refractivity (Wildman–Crippen MR) is 93.6 cm³/mol. The van der Waals surface area contributed by atoms with Gasteiger partial charge in [0.2, 0.25) is 0 Å². The van der Waals surface area contributed by atoms with Crippen LogP contribution in [0.2, 0.25) is 0 Å². The van der Waals surface area contributed by atoms with Gasteiger partial charge >= 0.3 is 0 Å². The van der Waals surface area contributed by atoms with Crippen LogP contribution in [0.5, 0.6) is 0 Å². The molecule has 0 N–H and O–H groups in total. The van der Waals surface area contributed by atoms with Crippen LogP contribution in [0.4, 0.5) is 0 Å². The summed E-state index contributed by atoms with van der Waals surface area (Å²) < 4.78 is 0. The molecule has 0 aliphatic carbocycles. The Morgan fingerprint density at radius 1 is 0.727 bits per heavy atom. The summed E-state index contributed by atoms with van der Waals surface area (Å²) in [5.41, 5.74) is 2.36. The van der Waals surface area contributed by atoms with E-state index in [9.17, 15) is 0 Å². The van der Waals surface area contributed by atoms with E-state index in [0.29, 0.717) is 0 Å². The molecule has 1 heteroatoms. The molecule has 0 saturated heterocycles. The summed E-state index contributed by atoms with van der Waals surface area (Å²) in [5, 5.41) is 7.74. The van der Waals surface area contributed by atoms with Gasteiger partial charge in [-0.3, -0.25) is 6.58 Å². The molecule has 0 atom stereocenters. The van der Waals surface area contributed by atoms with E-state index in [2.05, 4.69) is 67.6 Å². The van der Waals surface area contributed by atoms with Gasteiger partial charge in [0.15, 0.2) is 0 Å². The minimum absolute atomic E-state index is 0. The summed E-state index contributed by atoms with van der Waals surface area (Å²) in [5.74, 6) is 0. The smallest absolute Gasteiger partial charge is 0 e. The molecule has 1 radical (unpaired) electrons. The summed E-state index contributed by atoms with van der Waals surface area (Å²) in [7, 11) is 0. The molecule has 0 aliphatic rings. The zero-order chi connectivity index (χ0) is 14.4. The molecule has 0 heterocycles. The van der Waals surface area contributed by atoms with Crippen molar-refractivity contribution in [2.45, 2.75) is 6.92 Å². The summed E-state index contributed by atoms with van der Waals surface area (Å²) >= 11 is 0. The fourth-order valence-electron chi connectivity index (χ4n) is 3.32. The molecule has 103 valence electrons. The van der Waals surface area contributed by atoms with Crippen molar-refractivity contribution in [3.05, 3.63) is 72.3 Å². The van der Waals surface area contributed by atoms with Gasteiger partial charge in [0.1, 0.15) is 0 Å². The molecule has 0 bridgehead atoms. The van der Waals surface area contributed by atoms with Crippen LogP contribution in [-0.4, -0.2) is 0 Å². The number of allylic oxidation sites excluding steroid dienone is 1. The average Bonchev–Trinajstić information content (AvgIpc) is 2.54. The first kappa shape index (κ1) is 15.4. The van der Waals surface area contributed by atoms with Crippen LogP contribution < -0.4 is 0 Å². The minimum Gasteiger partial charge on any atom is -0.292 e. The van der Waals surface area contributed by atoms with Gasteiger partial charge in [-0.05, 0) is 39.4 Å². The zero-order valence-corrected chi connectivity index (χ0v) is 15.3. The van der Waals surface area contributed by atoms with Gasteiger partial charge < -0.3 is 0 Å². The SMILES string of the molecule is [CH-]=Cc1ccc2ccc3c(/C=C/C)ccc4ccc1c2c43.[Y]. The summed E-state index contributed by atoms with van der Waals surface area (Å²) in [6, 6.07) is 17.4. The standard InChI is InChI=1S/C21H15.Y/c1-3-5-15-7-9-17-10-12-18-14(4-2)6-8-16-11-13-19(15)21(17)20(16)18;/h2-13H,1H3;/q-1;/b5-3+;. The maximum absolute atomic E-state index is 5.79. The fraction of sp³-hybridized carbons (Fsp3) is 0.0476. The molecule has 0 spiro atoms. The normalized spacial score (nSPS) is 11.5. The van der Waals surface area contributed by atoms with Crippen LogP contribution in [-0.2, 0) is 32.7 Å². The third kappa shape index (κ3) is 2.14. The molecular weight excluding hydrogens is 341 g/mol. The average molecular weight is 356 g/mol. The number of hydrogen-bond donors (Lipinski definition) is 0. The Kier molecular flexibility index (Phi) is 4.16. The van der Waals surface area contributed by atoms with Gasteiger partial charge in [0, 0.05) is 32.7 Å².